The Morgan fingerprint density at radius 1 is 1.46 bits per heavy atom. The van der Waals surface area contributed by atoms with Crippen molar-refractivity contribution < 1.29 is 9.32 Å². The molecule has 0 radical (unpaired) electrons. The number of aromatic nitrogens is 4. The molecule has 1 amide bonds. The SMILES string of the molecule is CC(C)Cc1nc(CS[C@@H]2CCCN(c3cnn(C)c3)C2=O)no1. The summed E-state index contributed by atoms with van der Waals surface area (Å²) in [7, 11) is 1.86. The maximum Gasteiger partial charge on any atom is 0.240 e. The fourth-order valence-corrected chi connectivity index (χ4v) is 3.83. The topological polar surface area (TPSA) is 77.1 Å². The number of anilines is 1. The maximum absolute atomic E-state index is 12.7. The first-order valence-electron chi connectivity index (χ1n) is 8.26. The van der Waals surface area contributed by atoms with Gasteiger partial charge in [-0.1, -0.05) is 19.0 Å². The molecule has 2 aromatic heterocycles. The lowest BCUT2D eigenvalue weighted by Gasteiger charge is -2.30. The second kappa shape index (κ2) is 7.38. The van der Waals surface area contributed by atoms with Gasteiger partial charge in [-0.05, 0) is 18.8 Å². The molecule has 0 unspecified atom stereocenters. The van der Waals surface area contributed by atoms with Crippen molar-refractivity contribution in [1.29, 1.82) is 0 Å². The van der Waals surface area contributed by atoms with Crippen LogP contribution in [0.25, 0.3) is 0 Å². The second-order valence-electron chi connectivity index (χ2n) is 6.51. The summed E-state index contributed by atoms with van der Waals surface area (Å²) in [6, 6.07) is 0. The minimum Gasteiger partial charge on any atom is -0.339 e. The third-order valence-electron chi connectivity index (χ3n) is 3.90. The first-order valence-corrected chi connectivity index (χ1v) is 9.31. The van der Waals surface area contributed by atoms with Crippen LogP contribution in [-0.4, -0.2) is 37.6 Å². The van der Waals surface area contributed by atoms with Crippen LogP contribution in [-0.2, 0) is 24.0 Å². The standard InChI is InChI=1S/C16H23N5O2S/c1-11(2)7-15-18-14(19-23-15)10-24-13-5-4-6-21(16(13)22)12-8-17-20(3)9-12/h8-9,11,13H,4-7,10H2,1-3H3/t13-/m1/s1. The van der Waals surface area contributed by atoms with E-state index in [2.05, 4.69) is 29.1 Å². The molecule has 0 N–H and O–H groups in total. The van der Waals surface area contributed by atoms with Crippen LogP contribution in [0.4, 0.5) is 5.69 Å². The Morgan fingerprint density at radius 2 is 2.29 bits per heavy atom. The van der Waals surface area contributed by atoms with Gasteiger partial charge in [0.25, 0.3) is 0 Å². The molecule has 0 saturated carbocycles. The molecule has 0 aliphatic carbocycles. The van der Waals surface area contributed by atoms with E-state index in [1.165, 1.54) is 0 Å². The first-order chi connectivity index (χ1) is 11.5. The van der Waals surface area contributed by atoms with E-state index in [1.54, 1.807) is 22.6 Å². The molecule has 3 heterocycles. The van der Waals surface area contributed by atoms with Crippen LogP contribution >= 0.6 is 11.8 Å². The number of rotatable bonds is 6. The Labute approximate surface area is 145 Å². The number of thioether (sulfide) groups is 1. The molecule has 1 atom stereocenters. The van der Waals surface area contributed by atoms with E-state index in [-0.39, 0.29) is 11.2 Å². The van der Waals surface area contributed by atoms with Crippen LogP contribution in [0.15, 0.2) is 16.9 Å². The molecule has 0 bridgehead atoms. The molecule has 1 saturated heterocycles. The summed E-state index contributed by atoms with van der Waals surface area (Å²) in [5, 5.41) is 8.10. The van der Waals surface area contributed by atoms with Crippen molar-refractivity contribution in [3.8, 4) is 0 Å². The van der Waals surface area contributed by atoms with E-state index in [0.717, 1.165) is 31.5 Å². The van der Waals surface area contributed by atoms with Gasteiger partial charge < -0.3 is 9.42 Å². The molecule has 24 heavy (non-hydrogen) atoms. The van der Waals surface area contributed by atoms with Gasteiger partial charge in [0.1, 0.15) is 0 Å². The maximum atomic E-state index is 12.7. The lowest BCUT2D eigenvalue weighted by molar-refractivity contribution is -0.119. The fourth-order valence-electron chi connectivity index (χ4n) is 2.76. The summed E-state index contributed by atoms with van der Waals surface area (Å²) in [4.78, 5) is 18.9. The van der Waals surface area contributed by atoms with Gasteiger partial charge in [-0.15, -0.1) is 11.8 Å². The highest BCUT2D eigenvalue weighted by Gasteiger charge is 2.31. The van der Waals surface area contributed by atoms with E-state index < -0.39 is 0 Å². The Morgan fingerprint density at radius 3 is 3.00 bits per heavy atom. The minimum absolute atomic E-state index is 0.0639. The zero-order chi connectivity index (χ0) is 17.1. The Kier molecular flexibility index (Phi) is 5.23. The number of nitrogens with zero attached hydrogens (tertiary/aromatic N) is 5. The van der Waals surface area contributed by atoms with Gasteiger partial charge in [-0.2, -0.15) is 10.1 Å². The van der Waals surface area contributed by atoms with Gasteiger partial charge in [0, 0.05) is 26.2 Å². The number of aryl methyl sites for hydroxylation is 1. The molecular formula is C16H23N5O2S. The summed E-state index contributed by atoms with van der Waals surface area (Å²) < 4.78 is 6.97. The van der Waals surface area contributed by atoms with Gasteiger partial charge in [0.05, 0.1) is 22.9 Å². The van der Waals surface area contributed by atoms with Crippen molar-refractivity contribution in [3.05, 3.63) is 24.1 Å². The molecule has 7 nitrogen and oxygen atoms in total. The summed E-state index contributed by atoms with van der Waals surface area (Å²) in [5.74, 6) is 2.57. The Balaban J connectivity index is 1.58. The van der Waals surface area contributed by atoms with Gasteiger partial charge >= 0.3 is 0 Å². The van der Waals surface area contributed by atoms with Crippen molar-refractivity contribution >= 4 is 23.4 Å². The van der Waals surface area contributed by atoms with Crippen LogP contribution in [0.3, 0.4) is 0 Å². The zero-order valence-corrected chi connectivity index (χ0v) is 15.1. The smallest absolute Gasteiger partial charge is 0.240 e. The number of amides is 1. The molecule has 2 aromatic rings. The molecule has 130 valence electrons. The molecular weight excluding hydrogens is 326 g/mol. The monoisotopic (exact) mass is 349 g/mol. The lowest BCUT2D eigenvalue weighted by Crippen LogP contribution is -2.42. The third-order valence-corrected chi connectivity index (χ3v) is 5.16. The van der Waals surface area contributed by atoms with Crippen LogP contribution in [0, 0.1) is 5.92 Å². The first kappa shape index (κ1) is 17.0. The van der Waals surface area contributed by atoms with Crippen molar-refractivity contribution in [2.45, 2.75) is 44.1 Å². The Bertz CT molecular complexity index is 696. The predicted octanol–water partition coefficient (Wildman–Crippen LogP) is 2.43. The average Bonchev–Trinajstić information content (AvgIpc) is 3.15. The normalized spacial score (nSPS) is 18.6. The fraction of sp³-hybridized carbons (Fsp3) is 0.625. The lowest BCUT2D eigenvalue weighted by atomic mass is 10.1. The quantitative estimate of drug-likeness (QED) is 0.797. The number of carbonyl (C=O) groups is 1. The summed E-state index contributed by atoms with van der Waals surface area (Å²) >= 11 is 1.59. The number of hydrogen-bond donors (Lipinski definition) is 0. The van der Waals surface area contributed by atoms with Crippen LogP contribution in [0.1, 0.15) is 38.4 Å². The predicted molar refractivity (Wildman–Crippen MR) is 92.7 cm³/mol. The highest BCUT2D eigenvalue weighted by Crippen LogP contribution is 2.29. The van der Waals surface area contributed by atoms with Crippen LogP contribution < -0.4 is 4.90 Å². The van der Waals surface area contributed by atoms with Crippen molar-refractivity contribution in [2.24, 2.45) is 13.0 Å². The van der Waals surface area contributed by atoms with Gasteiger partial charge in [0.2, 0.25) is 11.8 Å². The second-order valence-corrected chi connectivity index (χ2v) is 7.70. The number of carbonyl (C=O) groups excluding carboxylic acids is 1. The van der Waals surface area contributed by atoms with Gasteiger partial charge in [-0.3, -0.25) is 9.48 Å². The molecule has 3 rings (SSSR count). The number of hydrogen-bond acceptors (Lipinski definition) is 6. The molecule has 0 spiro atoms. The molecule has 0 aromatic carbocycles. The Hall–Kier alpha value is -1.83. The zero-order valence-electron chi connectivity index (χ0n) is 14.3. The van der Waals surface area contributed by atoms with E-state index in [1.807, 2.05) is 18.1 Å². The summed E-state index contributed by atoms with van der Waals surface area (Å²) in [6.45, 7) is 4.99. The largest absolute Gasteiger partial charge is 0.339 e. The molecule has 1 fully saturated rings. The van der Waals surface area contributed by atoms with E-state index >= 15 is 0 Å². The van der Waals surface area contributed by atoms with Crippen molar-refractivity contribution in [2.75, 3.05) is 11.4 Å². The van der Waals surface area contributed by atoms with E-state index in [9.17, 15) is 4.79 Å². The molecule has 8 heteroatoms. The third kappa shape index (κ3) is 3.98. The van der Waals surface area contributed by atoms with Gasteiger partial charge in [0.15, 0.2) is 5.82 Å². The van der Waals surface area contributed by atoms with Crippen LogP contribution in [0.2, 0.25) is 0 Å². The molecule has 1 aliphatic rings. The molecule has 1 aliphatic heterocycles. The highest BCUT2D eigenvalue weighted by molar-refractivity contribution is 7.99. The van der Waals surface area contributed by atoms with Gasteiger partial charge in [-0.25, -0.2) is 0 Å². The minimum atomic E-state index is -0.0639. The number of piperidine rings is 1. The average molecular weight is 349 g/mol. The van der Waals surface area contributed by atoms with Crippen molar-refractivity contribution in [3.63, 3.8) is 0 Å². The highest BCUT2D eigenvalue weighted by atomic mass is 32.2. The van der Waals surface area contributed by atoms with Crippen LogP contribution in [0.5, 0.6) is 0 Å². The van der Waals surface area contributed by atoms with E-state index in [4.69, 9.17) is 4.52 Å². The van der Waals surface area contributed by atoms with E-state index in [0.29, 0.717) is 23.4 Å². The summed E-state index contributed by atoms with van der Waals surface area (Å²) in [5.41, 5.74) is 0.867. The van der Waals surface area contributed by atoms with Crippen molar-refractivity contribution in [1.82, 2.24) is 19.9 Å². The summed E-state index contributed by atoms with van der Waals surface area (Å²) in [6.07, 6.45) is 6.28.